The van der Waals surface area contributed by atoms with Gasteiger partial charge < -0.3 is 19.5 Å². The van der Waals surface area contributed by atoms with Crippen molar-refractivity contribution in [3.8, 4) is 17.2 Å². The Kier molecular flexibility index (Phi) is 8.50. The minimum Gasteiger partial charge on any atom is -0.490 e. The highest BCUT2D eigenvalue weighted by atomic mass is 16.5. The second-order valence-corrected chi connectivity index (χ2v) is 6.84. The number of nitrogens with one attached hydrogen (secondary N) is 2. The van der Waals surface area contributed by atoms with Crippen LogP contribution < -0.4 is 25.0 Å². The summed E-state index contributed by atoms with van der Waals surface area (Å²) in [5, 5.41) is 6.67. The predicted octanol–water partition coefficient (Wildman–Crippen LogP) is 5.01. The summed E-state index contributed by atoms with van der Waals surface area (Å²) >= 11 is 0. The zero-order valence-corrected chi connectivity index (χ0v) is 18.2. The molecule has 0 spiro atoms. The molecule has 0 fully saturated rings. The molecule has 0 saturated heterocycles. The molecule has 0 aliphatic rings. The molecule has 2 amide bonds. The van der Waals surface area contributed by atoms with Gasteiger partial charge in [-0.3, -0.25) is 0 Å². The van der Waals surface area contributed by atoms with E-state index in [1.807, 2.05) is 68.4 Å². The molecule has 0 heterocycles. The van der Waals surface area contributed by atoms with Crippen molar-refractivity contribution in [3.05, 3.63) is 83.9 Å². The molecule has 0 atom stereocenters. The van der Waals surface area contributed by atoms with Crippen LogP contribution in [0.3, 0.4) is 0 Å². The Morgan fingerprint density at radius 2 is 1.72 bits per heavy atom. The molecule has 0 aliphatic heterocycles. The lowest BCUT2D eigenvalue weighted by Gasteiger charge is -2.13. The van der Waals surface area contributed by atoms with Crippen molar-refractivity contribution in [3.63, 3.8) is 0 Å². The molecular formula is C25H27N3O4. The lowest BCUT2D eigenvalue weighted by atomic mass is 10.2. The van der Waals surface area contributed by atoms with Gasteiger partial charge in [0.2, 0.25) is 0 Å². The van der Waals surface area contributed by atoms with E-state index < -0.39 is 6.03 Å². The molecule has 7 heteroatoms. The predicted molar refractivity (Wildman–Crippen MR) is 126 cm³/mol. The number of benzene rings is 3. The van der Waals surface area contributed by atoms with E-state index >= 15 is 0 Å². The van der Waals surface area contributed by atoms with Crippen LogP contribution in [0, 0.1) is 6.92 Å². The second kappa shape index (κ2) is 12.0. The number of para-hydroxylation sites is 1. The third-order valence-corrected chi connectivity index (χ3v) is 4.28. The van der Waals surface area contributed by atoms with Crippen LogP contribution in [0.5, 0.6) is 17.2 Å². The standard InChI is InChI=1S/C25H27N3O4/c1-3-30-24-17-20(18-26-28-25(29)27-21-9-5-4-6-10-21)12-13-23(24)32-15-14-31-22-11-7-8-19(2)16-22/h4-13,16-18H,3,14-15H2,1-2H3,(H2,27,28,29)/b26-18-. The van der Waals surface area contributed by atoms with E-state index in [2.05, 4.69) is 15.8 Å². The molecule has 32 heavy (non-hydrogen) atoms. The quantitative estimate of drug-likeness (QED) is 0.268. The molecule has 0 aromatic heterocycles. The number of carbonyl (C=O) groups is 1. The normalized spacial score (nSPS) is 10.6. The largest absolute Gasteiger partial charge is 0.490 e. The van der Waals surface area contributed by atoms with Gasteiger partial charge in [-0.15, -0.1) is 0 Å². The summed E-state index contributed by atoms with van der Waals surface area (Å²) < 4.78 is 17.2. The Hall–Kier alpha value is -4.00. The summed E-state index contributed by atoms with van der Waals surface area (Å²) in [5.41, 5.74) is 5.03. The maximum atomic E-state index is 11.9. The van der Waals surface area contributed by atoms with Gasteiger partial charge in [0.1, 0.15) is 19.0 Å². The van der Waals surface area contributed by atoms with Gasteiger partial charge in [0.25, 0.3) is 0 Å². The van der Waals surface area contributed by atoms with Gasteiger partial charge in [0.05, 0.1) is 12.8 Å². The van der Waals surface area contributed by atoms with Crippen LogP contribution in [0.4, 0.5) is 10.5 Å². The maximum absolute atomic E-state index is 11.9. The van der Waals surface area contributed by atoms with Gasteiger partial charge in [-0.25, -0.2) is 10.2 Å². The first-order valence-electron chi connectivity index (χ1n) is 10.4. The third-order valence-electron chi connectivity index (χ3n) is 4.28. The highest BCUT2D eigenvalue weighted by Gasteiger charge is 2.07. The second-order valence-electron chi connectivity index (χ2n) is 6.84. The van der Waals surface area contributed by atoms with Gasteiger partial charge in [-0.1, -0.05) is 30.3 Å². The zero-order valence-electron chi connectivity index (χ0n) is 18.2. The SMILES string of the molecule is CCOc1cc(/C=N\NC(=O)Nc2ccccc2)ccc1OCCOc1cccc(C)c1. The lowest BCUT2D eigenvalue weighted by Crippen LogP contribution is -2.24. The Bertz CT molecular complexity index is 1040. The Morgan fingerprint density at radius 1 is 0.906 bits per heavy atom. The molecule has 0 saturated carbocycles. The van der Waals surface area contributed by atoms with Crippen LogP contribution in [0.25, 0.3) is 0 Å². The number of hydrogen-bond donors (Lipinski definition) is 2. The van der Waals surface area contributed by atoms with E-state index in [0.717, 1.165) is 16.9 Å². The number of hydrazone groups is 1. The van der Waals surface area contributed by atoms with E-state index in [1.54, 1.807) is 18.2 Å². The maximum Gasteiger partial charge on any atom is 0.339 e. The molecule has 0 bridgehead atoms. The first kappa shape index (κ1) is 22.7. The summed E-state index contributed by atoms with van der Waals surface area (Å²) in [6.07, 6.45) is 1.54. The number of urea groups is 1. The van der Waals surface area contributed by atoms with Crippen molar-refractivity contribution in [2.45, 2.75) is 13.8 Å². The van der Waals surface area contributed by atoms with Crippen LogP contribution in [0.2, 0.25) is 0 Å². The van der Waals surface area contributed by atoms with Crippen molar-refractivity contribution in [2.24, 2.45) is 5.10 Å². The van der Waals surface area contributed by atoms with Gasteiger partial charge in [0, 0.05) is 5.69 Å². The number of ether oxygens (including phenoxy) is 3. The lowest BCUT2D eigenvalue weighted by molar-refractivity contribution is 0.208. The number of nitrogens with zero attached hydrogens (tertiary/aromatic N) is 1. The fourth-order valence-corrected chi connectivity index (χ4v) is 2.85. The van der Waals surface area contributed by atoms with E-state index in [1.165, 1.54) is 6.21 Å². The summed E-state index contributed by atoms with van der Waals surface area (Å²) in [5.74, 6) is 2.03. The average Bonchev–Trinajstić information content (AvgIpc) is 2.79. The minimum absolute atomic E-state index is 0.378. The number of hydrogen-bond acceptors (Lipinski definition) is 5. The fourth-order valence-electron chi connectivity index (χ4n) is 2.85. The van der Waals surface area contributed by atoms with E-state index in [-0.39, 0.29) is 0 Å². The molecule has 7 nitrogen and oxygen atoms in total. The van der Waals surface area contributed by atoms with E-state index in [0.29, 0.717) is 37.0 Å². The summed E-state index contributed by atoms with van der Waals surface area (Å²) in [7, 11) is 0. The van der Waals surface area contributed by atoms with Crippen molar-refractivity contribution in [1.29, 1.82) is 0 Å². The molecule has 0 radical (unpaired) electrons. The van der Waals surface area contributed by atoms with Gasteiger partial charge in [-0.2, -0.15) is 5.10 Å². The summed E-state index contributed by atoms with van der Waals surface area (Å²) in [6.45, 7) is 5.21. The van der Waals surface area contributed by atoms with Crippen molar-refractivity contribution < 1.29 is 19.0 Å². The first-order chi connectivity index (χ1) is 15.6. The Balaban J connectivity index is 1.51. The van der Waals surface area contributed by atoms with Crippen LogP contribution in [0.15, 0.2) is 77.9 Å². The van der Waals surface area contributed by atoms with Gasteiger partial charge >= 0.3 is 6.03 Å². The highest BCUT2D eigenvalue weighted by molar-refractivity contribution is 5.90. The number of anilines is 1. The van der Waals surface area contributed by atoms with Crippen molar-refractivity contribution in [2.75, 3.05) is 25.1 Å². The highest BCUT2D eigenvalue weighted by Crippen LogP contribution is 2.28. The molecule has 3 rings (SSSR count). The Morgan fingerprint density at radius 3 is 2.50 bits per heavy atom. The van der Waals surface area contributed by atoms with Crippen molar-refractivity contribution in [1.82, 2.24) is 5.43 Å². The summed E-state index contributed by atoms with van der Waals surface area (Å²) in [4.78, 5) is 11.9. The average molecular weight is 434 g/mol. The molecule has 166 valence electrons. The molecular weight excluding hydrogens is 406 g/mol. The van der Waals surface area contributed by atoms with Crippen LogP contribution in [-0.4, -0.2) is 32.1 Å². The van der Waals surface area contributed by atoms with E-state index in [9.17, 15) is 4.79 Å². The monoisotopic (exact) mass is 433 g/mol. The van der Waals surface area contributed by atoms with E-state index in [4.69, 9.17) is 14.2 Å². The first-order valence-corrected chi connectivity index (χ1v) is 10.4. The molecule has 0 unspecified atom stereocenters. The minimum atomic E-state index is -0.425. The third kappa shape index (κ3) is 7.36. The van der Waals surface area contributed by atoms with Crippen molar-refractivity contribution >= 4 is 17.9 Å². The molecule has 0 aliphatic carbocycles. The van der Waals surface area contributed by atoms with Crippen LogP contribution >= 0.6 is 0 Å². The number of rotatable bonds is 10. The number of aryl methyl sites for hydroxylation is 1. The topological polar surface area (TPSA) is 81.2 Å². The molecule has 3 aromatic rings. The fraction of sp³-hybridized carbons (Fsp3) is 0.200. The van der Waals surface area contributed by atoms with Crippen LogP contribution in [0.1, 0.15) is 18.1 Å². The van der Waals surface area contributed by atoms with Crippen LogP contribution in [-0.2, 0) is 0 Å². The van der Waals surface area contributed by atoms with Gasteiger partial charge in [0.15, 0.2) is 11.5 Å². The van der Waals surface area contributed by atoms with Gasteiger partial charge in [-0.05, 0) is 67.4 Å². The zero-order chi connectivity index (χ0) is 22.6. The molecule has 2 N–H and O–H groups in total. The molecule has 3 aromatic carbocycles. The Labute approximate surface area is 188 Å². The number of carbonyl (C=O) groups excluding carboxylic acids is 1. The number of amides is 2. The smallest absolute Gasteiger partial charge is 0.339 e. The summed E-state index contributed by atoms with van der Waals surface area (Å²) in [6, 6.07) is 22.0.